The van der Waals surface area contributed by atoms with Crippen molar-refractivity contribution in [3.63, 3.8) is 0 Å². The van der Waals surface area contributed by atoms with E-state index in [4.69, 9.17) is 14.3 Å². The molecule has 490 valence electrons. The molecule has 0 bridgehead atoms. The van der Waals surface area contributed by atoms with Crippen molar-refractivity contribution in [1.82, 2.24) is 5.06 Å². The van der Waals surface area contributed by atoms with Crippen molar-refractivity contribution in [1.29, 1.82) is 0 Å². The van der Waals surface area contributed by atoms with Gasteiger partial charge in [-0.2, -0.15) is 5.06 Å². The Kier molecular flexibility index (Phi) is 71.3. The lowest BCUT2D eigenvalue weighted by molar-refractivity contribution is -0.218. The van der Waals surface area contributed by atoms with Gasteiger partial charge in [0.15, 0.2) is 6.10 Å². The Morgan fingerprint density at radius 2 is 0.427 bits per heavy atom. The van der Waals surface area contributed by atoms with Crippen LogP contribution >= 0.6 is 0 Å². The molecular weight excluding hydrogens is 1010 g/mol. The molecule has 0 radical (unpaired) electrons. The Hall–Kier alpha value is -1.14. The van der Waals surface area contributed by atoms with Crippen LogP contribution in [-0.4, -0.2) is 49.4 Å². The van der Waals surface area contributed by atoms with Gasteiger partial charge in [-0.05, 0) is 25.7 Å². The molecule has 0 aromatic heterocycles. The Labute approximate surface area is 515 Å². The first kappa shape index (κ1) is 80.9. The van der Waals surface area contributed by atoms with Crippen LogP contribution in [0.3, 0.4) is 0 Å². The largest absolute Gasteiger partial charge is 0.466 e. The first-order valence-electron chi connectivity index (χ1n) is 38.3. The zero-order chi connectivity index (χ0) is 59.2. The smallest absolute Gasteiger partial charge is 0.338 e. The van der Waals surface area contributed by atoms with E-state index in [0.29, 0.717) is 13.2 Å². The maximum atomic E-state index is 13.9. The van der Waals surface area contributed by atoms with E-state index in [0.717, 1.165) is 51.6 Å². The zero-order valence-electron chi connectivity index (χ0n) is 56.9. The van der Waals surface area contributed by atoms with E-state index in [1.54, 1.807) is 0 Å². The predicted octanol–water partition coefficient (Wildman–Crippen LogP) is 26.1. The molecule has 0 N–H and O–H groups in total. The van der Waals surface area contributed by atoms with Gasteiger partial charge in [-0.1, -0.05) is 413 Å². The molecule has 0 rings (SSSR count). The van der Waals surface area contributed by atoms with Crippen LogP contribution < -0.4 is 0 Å². The molecule has 0 aliphatic heterocycles. The van der Waals surface area contributed by atoms with Crippen LogP contribution in [0.2, 0.25) is 0 Å². The number of nitrogens with zero attached hydrogens (tertiary/aromatic N) is 1. The highest BCUT2D eigenvalue weighted by molar-refractivity contribution is 5.81. The van der Waals surface area contributed by atoms with Gasteiger partial charge in [0.25, 0.3) is 0 Å². The van der Waals surface area contributed by atoms with Crippen LogP contribution in [0.1, 0.15) is 445 Å². The molecule has 6 heteroatoms. The van der Waals surface area contributed by atoms with Crippen LogP contribution in [0.25, 0.3) is 0 Å². The normalized spacial score (nSPS) is 12.1. The minimum absolute atomic E-state index is 0.0783. The van der Waals surface area contributed by atoms with Crippen molar-refractivity contribution in [2.24, 2.45) is 0 Å². The van der Waals surface area contributed by atoms with Gasteiger partial charge in [0.2, 0.25) is 0 Å². The Morgan fingerprint density at radius 1 is 0.244 bits per heavy atom. The third kappa shape index (κ3) is 66.4. The van der Waals surface area contributed by atoms with E-state index in [1.165, 1.54) is 372 Å². The molecule has 6 nitrogen and oxygen atoms in total. The monoisotopic (exact) mass is 1160 g/mol. The second kappa shape index (κ2) is 72.3. The molecule has 0 aromatic carbocycles. The summed E-state index contributed by atoms with van der Waals surface area (Å²) in [7, 11) is 0. The van der Waals surface area contributed by atoms with Crippen molar-refractivity contribution in [3.8, 4) is 0 Å². The molecule has 0 fully saturated rings. The summed E-state index contributed by atoms with van der Waals surface area (Å²) in [5.41, 5.74) is 0. The van der Waals surface area contributed by atoms with E-state index < -0.39 is 12.1 Å². The van der Waals surface area contributed by atoms with Gasteiger partial charge in [-0.25, -0.2) is 4.79 Å². The molecular formula is C76H151NO5. The van der Waals surface area contributed by atoms with E-state index in [9.17, 15) is 9.59 Å². The summed E-state index contributed by atoms with van der Waals surface area (Å²) < 4.78 is 11.7. The fourth-order valence-electron chi connectivity index (χ4n) is 12.2. The number of carbonyl (C=O) groups excluding carboxylic acids is 2. The van der Waals surface area contributed by atoms with Crippen LogP contribution in [0.15, 0.2) is 0 Å². The number of unbranched alkanes of at least 4 members (excludes halogenated alkanes) is 60. The number of hydroxylamine groups is 2. The summed E-state index contributed by atoms with van der Waals surface area (Å²) in [6, 6.07) is 0. The SMILES string of the molecule is CCCCCCCCCCCCCCCCCCOC(=O)CC(ON(CCCCCCCCCCCCCCCCCC)CCCCCCCCCCCCCCCCCC)C(=O)OCCCCCCCCCCCCCCCCCC. The number of carbonyl (C=O) groups is 2. The topological polar surface area (TPSA) is 65.1 Å². The van der Waals surface area contributed by atoms with Crippen LogP contribution in [0.5, 0.6) is 0 Å². The zero-order valence-corrected chi connectivity index (χ0v) is 56.9. The van der Waals surface area contributed by atoms with E-state index >= 15 is 0 Å². The summed E-state index contributed by atoms with van der Waals surface area (Å²) in [5.74, 6) is -0.737. The van der Waals surface area contributed by atoms with Crippen LogP contribution in [0.4, 0.5) is 0 Å². The molecule has 0 aliphatic rings. The minimum Gasteiger partial charge on any atom is -0.466 e. The van der Waals surface area contributed by atoms with Gasteiger partial charge < -0.3 is 9.47 Å². The highest BCUT2D eigenvalue weighted by atomic mass is 16.7. The van der Waals surface area contributed by atoms with Gasteiger partial charge in [0.05, 0.1) is 19.6 Å². The van der Waals surface area contributed by atoms with Crippen LogP contribution in [0, 0.1) is 0 Å². The van der Waals surface area contributed by atoms with Crippen molar-refractivity contribution < 1.29 is 23.9 Å². The molecule has 0 spiro atoms. The fourth-order valence-corrected chi connectivity index (χ4v) is 12.2. The molecule has 0 amide bonds. The number of rotatable bonds is 73. The quantitative estimate of drug-likeness (QED) is 0.0343. The molecule has 1 unspecified atom stereocenters. The van der Waals surface area contributed by atoms with Crippen molar-refractivity contribution >= 4 is 11.9 Å². The lowest BCUT2D eigenvalue weighted by Crippen LogP contribution is -2.38. The second-order valence-corrected chi connectivity index (χ2v) is 26.3. The minimum atomic E-state index is -0.957. The third-order valence-corrected chi connectivity index (χ3v) is 17.9. The first-order chi connectivity index (χ1) is 40.6. The van der Waals surface area contributed by atoms with Crippen molar-refractivity contribution in [2.75, 3.05) is 26.3 Å². The Balaban J connectivity index is 5.10. The Morgan fingerprint density at radius 3 is 0.646 bits per heavy atom. The summed E-state index contributed by atoms with van der Waals surface area (Å²) in [5, 5.41) is 2.04. The second-order valence-electron chi connectivity index (χ2n) is 26.3. The lowest BCUT2D eigenvalue weighted by atomic mass is 10.0. The van der Waals surface area contributed by atoms with Gasteiger partial charge in [-0.3, -0.25) is 9.63 Å². The number of esters is 2. The molecule has 82 heavy (non-hydrogen) atoms. The van der Waals surface area contributed by atoms with Crippen LogP contribution in [-0.2, 0) is 23.9 Å². The molecule has 0 aliphatic carbocycles. The summed E-state index contributed by atoms with van der Waals surface area (Å²) >= 11 is 0. The average Bonchev–Trinajstić information content (AvgIpc) is 3.48. The molecule has 1 atom stereocenters. The number of ether oxygens (including phenoxy) is 2. The average molecular weight is 1160 g/mol. The van der Waals surface area contributed by atoms with Gasteiger partial charge in [0.1, 0.15) is 0 Å². The number of hydrogen-bond acceptors (Lipinski definition) is 6. The van der Waals surface area contributed by atoms with E-state index in [-0.39, 0.29) is 12.4 Å². The highest BCUT2D eigenvalue weighted by Crippen LogP contribution is 2.20. The predicted molar refractivity (Wildman–Crippen MR) is 361 cm³/mol. The first-order valence-corrected chi connectivity index (χ1v) is 38.3. The summed E-state index contributed by atoms with van der Waals surface area (Å²) in [6.07, 6.45) is 84.1. The van der Waals surface area contributed by atoms with Gasteiger partial charge in [0, 0.05) is 13.1 Å². The summed E-state index contributed by atoms with van der Waals surface area (Å²) in [6.45, 7) is 11.6. The number of hydrogen-bond donors (Lipinski definition) is 0. The van der Waals surface area contributed by atoms with E-state index in [2.05, 4.69) is 27.7 Å². The highest BCUT2D eigenvalue weighted by Gasteiger charge is 2.28. The maximum absolute atomic E-state index is 13.9. The van der Waals surface area contributed by atoms with Gasteiger partial charge in [-0.15, -0.1) is 0 Å². The molecule has 0 saturated carbocycles. The van der Waals surface area contributed by atoms with Crippen molar-refractivity contribution in [2.45, 2.75) is 451 Å². The lowest BCUT2D eigenvalue weighted by Gasteiger charge is -2.26. The standard InChI is InChI=1S/C76H151NO5/c1-5-9-13-17-21-25-29-33-37-41-45-49-53-57-61-65-69-77(70-66-62-58-54-50-46-42-38-34-30-26-22-18-14-10-6-2)82-74(76(79)81-72-68-64-60-56-52-48-44-40-36-32-28-24-20-16-12-8-4)73-75(78)80-71-67-63-59-55-51-47-43-39-35-31-27-23-19-15-11-7-3/h74H,5-73H2,1-4H3. The Bertz CT molecular complexity index is 1160. The molecule has 0 saturated heterocycles. The molecule has 0 aromatic rings. The fraction of sp³-hybridized carbons (Fsp3) is 0.974. The van der Waals surface area contributed by atoms with Crippen molar-refractivity contribution in [3.05, 3.63) is 0 Å². The summed E-state index contributed by atoms with van der Waals surface area (Å²) in [4.78, 5) is 33.9. The third-order valence-electron chi connectivity index (χ3n) is 17.9. The van der Waals surface area contributed by atoms with E-state index in [1.807, 2.05) is 5.06 Å². The maximum Gasteiger partial charge on any atom is 0.338 e. The molecule has 0 heterocycles. The van der Waals surface area contributed by atoms with Gasteiger partial charge >= 0.3 is 11.9 Å².